The van der Waals surface area contributed by atoms with Crippen LogP contribution < -0.4 is 5.32 Å². The largest absolute Gasteiger partial charge is 0.466 e. The molecule has 1 aliphatic rings. The standard InChI is InChI=1S/C76H141NO10/c1-3-5-7-9-11-13-14-40-44-48-52-56-60-64-72(81)85-65-61-57-53-49-45-42-39-37-35-33-31-29-27-25-23-21-19-17-15-16-18-20-22-24-26-28-30-32-34-36-38-41-43-47-51-55-59-63-71(80)77-68(69(79)62-58-54-50-46-12-10-8-6-4-2)67-86-76-75(84)74(83)73(82)70(66-78)87-76/h12,15,17,21,23,46,58,62,68-70,73-76,78-79,82-84H,3-11,13-14,16,18-20,22,24-45,47-57,59-61,63-67H2,1-2H3,(H,77,80)/b17-15-,23-21-,46-12+,62-58+. The number of nitrogens with one attached hydrogen (secondary N) is 1. The van der Waals surface area contributed by atoms with E-state index < -0.39 is 49.5 Å². The van der Waals surface area contributed by atoms with Crippen molar-refractivity contribution in [2.45, 2.75) is 403 Å². The molecule has 1 rings (SSSR count). The van der Waals surface area contributed by atoms with Gasteiger partial charge in [0.1, 0.15) is 24.4 Å². The van der Waals surface area contributed by atoms with Gasteiger partial charge in [0.15, 0.2) is 6.29 Å². The third-order valence-corrected chi connectivity index (χ3v) is 17.7. The smallest absolute Gasteiger partial charge is 0.305 e. The fourth-order valence-corrected chi connectivity index (χ4v) is 11.8. The third-order valence-electron chi connectivity index (χ3n) is 17.7. The Kier molecular flexibility index (Phi) is 61.9. The Balaban J connectivity index is 1.89. The lowest BCUT2D eigenvalue weighted by Gasteiger charge is -2.40. The van der Waals surface area contributed by atoms with Crippen molar-refractivity contribution in [2.75, 3.05) is 19.8 Å². The first-order valence-corrected chi connectivity index (χ1v) is 37.4. The van der Waals surface area contributed by atoms with Crippen LogP contribution in [0, 0.1) is 0 Å². The minimum absolute atomic E-state index is 0.0141. The van der Waals surface area contributed by atoms with Gasteiger partial charge >= 0.3 is 5.97 Å². The minimum atomic E-state index is -1.57. The molecule has 6 N–H and O–H groups in total. The van der Waals surface area contributed by atoms with E-state index in [2.05, 4.69) is 55.6 Å². The Labute approximate surface area is 536 Å². The summed E-state index contributed by atoms with van der Waals surface area (Å²) in [4.78, 5) is 25.1. The molecule has 0 spiro atoms. The Hall–Kier alpha value is -2.38. The van der Waals surface area contributed by atoms with Crippen LogP contribution in [0.2, 0.25) is 0 Å². The van der Waals surface area contributed by atoms with Gasteiger partial charge in [-0.3, -0.25) is 9.59 Å². The van der Waals surface area contributed by atoms with Gasteiger partial charge in [-0.25, -0.2) is 0 Å². The predicted octanol–water partition coefficient (Wildman–Crippen LogP) is 19.5. The maximum Gasteiger partial charge on any atom is 0.305 e. The van der Waals surface area contributed by atoms with Crippen LogP contribution in [0.5, 0.6) is 0 Å². The van der Waals surface area contributed by atoms with Gasteiger partial charge < -0.3 is 45.1 Å². The van der Waals surface area contributed by atoms with Gasteiger partial charge in [-0.15, -0.1) is 0 Å². The molecule has 1 amide bonds. The van der Waals surface area contributed by atoms with Crippen LogP contribution in [0.25, 0.3) is 0 Å². The van der Waals surface area contributed by atoms with Gasteiger partial charge in [-0.1, -0.05) is 319 Å². The number of amides is 1. The summed E-state index contributed by atoms with van der Waals surface area (Å²) in [5.41, 5.74) is 0. The van der Waals surface area contributed by atoms with Crippen LogP contribution in [-0.4, -0.2) is 100 Å². The van der Waals surface area contributed by atoms with Crippen LogP contribution in [0.3, 0.4) is 0 Å². The zero-order valence-corrected chi connectivity index (χ0v) is 56.7. The predicted molar refractivity (Wildman–Crippen MR) is 366 cm³/mol. The zero-order valence-electron chi connectivity index (χ0n) is 56.7. The molecule has 1 heterocycles. The number of carbonyl (C=O) groups excluding carboxylic acids is 2. The lowest BCUT2D eigenvalue weighted by molar-refractivity contribution is -0.302. The third kappa shape index (κ3) is 53.9. The summed E-state index contributed by atoms with van der Waals surface area (Å²) in [5, 5.41) is 54.3. The quantitative estimate of drug-likeness (QED) is 0.0195. The molecule has 1 fully saturated rings. The van der Waals surface area contributed by atoms with Gasteiger partial charge in [0.25, 0.3) is 0 Å². The van der Waals surface area contributed by atoms with E-state index in [9.17, 15) is 35.1 Å². The van der Waals surface area contributed by atoms with Gasteiger partial charge in [0.2, 0.25) is 5.91 Å². The average molecular weight is 1230 g/mol. The van der Waals surface area contributed by atoms with Crippen LogP contribution in [0.15, 0.2) is 48.6 Å². The Bertz CT molecular complexity index is 1580. The number of aliphatic hydroxyl groups excluding tert-OH is 5. The molecular weight excluding hydrogens is 1090 g/mol. The first kappa shape index (κ1) is 82.6. The summed E-state index contributed by atoms with van der Waals surface area (Å²) in [5.74, 6) is -0.177. The van der Waals surface area contributed by atoms with Crippen LogP contribution in [-0.2, 0) is 23.8 Å². The molecule has 0 saturated carbocycles. The number of rotatable bonds is 66. The van der Waals surface area contributed by atoms with Crippen molar-refractivity contribution in [1.82, 2.24) is 5.32 Å². The zero-order chi connectivity index (χ0) is 63.0. The maximum absolute atomic E-state index is 13.0. The van der Waals surface area contributed by atoms with Crippen molar-refractivity contribution < 1.29 is 49.3 Å². The van der Waals surface area contributed by atoms with Gasteiger partial charge in [-0.2, -0.15) is 0 Å². The molecular formula is C76H141NO10. The van der Waals surface area contributed by atoms with E-state index in [1.54, 1.807) is 6.08 Å². The Morgan fingerprint density at radius 2 is 0.782 bits per heavy atom. The number of unbranched alkanes of at least 4 members (excludes halogenated alkanes) is 46. The van der Waals surface area contributed by atoms with E-state index in [0.29, 0.717) is 19.4 Å². The number of hydrogen-bond acceptors (Lipinski definition) is 10. The second kappa shape index (κ2) is 65.1. The number of allylic oxidation sites excluding steroid dienone is 7. The SMILES string of the molecule is CCCCC/C=C/CC/C=C/C(O)C(COC1OC(CO)C(O)C(O)C1O)NC(=O)CCCCCCCCCCCCCCCCCCC/C=C\C/C=C\CCCCCCCCCCCCCCCOC(=O)CCCCCCCCCCCCCCC. The van der Waals surface area contributed by atoms with E-state index in [1.807, 2.05) is 6.08 Å². The fraction of sp³-hybridized carbons (Fsp3) is 0.868. The van der Waals surface area contributed by atoms with Crippen molar-refractivity contribution in [2.24, 2.45) is 0 Å². The first-order chi connectivity index (χ1) is 42.7. The minimum Gasteiger partial charge on any atom is -0.466 e. The summed E-state index contributed by atoms with van der Waals surface area (Å²) in [6.45, 7) is 4.31. The topological polar surface area (TPSA) is 175 Å². The summed E-state index contributed by atoms with van der Waals surface area (Å²) in [6.07, 6.45) is 75.8. The average Bonchev–Trinajstić information content (AvgIpc) is 1.99. The molecule has 7 unspecified atom stereocenters. The van der Waals surface area contributed by atoms with Crippen molar-refractivity contribution in [3.63, 3.8) is 0 Å². The molecule has 87 heavy (non-hydrogen) atoms. The summed E-state index contributed by atoms with van der Waals surface area (Å²) < 4.78 is 16.7. The van der Waals surface area contributed by atoms with Crippen LogP contribution in [0.4, 0.5) is 0 Å². The molecule has 1 aliphatic heterocycles. The van der Waals surface area contributed by atoms with Crippen molar-refractivity contribution >= 4 is 11.9 Å². The summed E-state index contributed by atoms with van der Waals surface area (Å²) in [7, 11) is 0. The van der Waals surface area contributed by atoms with E-state index in [4.69, 9.17) is 14.2 Å². The molecule has 510 valence electrons. The molecule has 0 aromatic carbocycles. The molecule has 0 radical (unpaired) electrons. The number of aliphatic hydroxyl groups is 5. The number of ether oxygens (including phenoxy) is 3. The van der Waals surface area contributed by atoms with Crippen LogP contribution in [0.1, 0.15) is 361 Å². The highest BCUT2D eigenvalue weighted by Crippen LogP contribution is 2.23. The van der Waals surface area contributed by atoms with Crippen molar-refractivity contribution in [1.29, 1.82) is 0 Å². The number of esters is 1. The normalized spacial score (nSPS) is 18.1. The second-order valence-electron chi connectivity index (χ2n) is 26.0. The molecule has 1 saturated heterocycles. The first-order valence-electron chi connectivity index (χ1n) is 37.4. The van der Waals surface area contributed by atoms with E-state index in [1.165, 1.54) is 276 Å². The second-order valence-corrected chi connectivity index (χ2v) is 26.0. The van der Waals surface area contributed by atoms with Gasteiger partial charge in [0, 0.05) is 12.8 Å². The monoisotopic (exact) mass is 1230 g/mol. The van der Waals surface area contributed by atoms with Gasteiger partial charge in [-0.05, 0) is 77.0 Å². The number of hydrogen-bond donors (Lipinski definition) is 6. The fourth-order valence-electron chi connectivity index (χ4n) is 11.8. The summed E-state index contributed by atoms with van der Waals surface area (Å²) >= 11 is 0. The molecule has 0 aromatic rings. The van der Waals surface area contributed by atoms with Crippen molar-refractivity contribution in [3.05, 3.63) is 48.6 Å². The van der Waals surface area contributed by atoms with E-state index in [-0.39, 0.29) is 18.5 Å². The lowest BCUT2D eigenvalue weighted by atomic mass is 9.99. The maximum atomic E-state index is 13.0. The lowest BCUT2D eigenvalue weighted by Crippen LogP contribution is -2.60. The molecule has 11 nitrogen and oxygen atoms in total. The Morgan fingerprint density at radius 1 is 0.425 bits per heavy atom. The van der Waals surface area contributed by atoms with E-state index in [0.717, 1.165) is 57.8 Å². The van der Waals surface area contributed by atoms with E-state index >= 15 is 0 Å². The molecule has 0 bridgehead atoms. The molecule has 11 heteroatoms. The molecule has 7 atom stereocenters. The van der Waals surface area contributed by atoms with Crippen LogP contribution >= 0.6 is 0 Å². The highest BCUT2D eigenvalue weighted by molar-refractivity contribution is 5.76. The Morgan fingerprint density at radius 3 is 1.23 bits per heavy atom. The van der Waals surface area contributed by atoms with Gasteiger partial charge in [0.05, 0.1) is 32.0 Å². The highest BCUT2D eigenvalue weighted by atomic mass is 16.7. The highest BCUT2D eigenvalue weighted by Gasteiger charge is 2.44. The molecule has 0 aromatic heterocycles. The molecule has 0 aliphatic carbocycles. The van der Waals surface area contributed by atoms with Crippen molar-refractivity contribution in [3.8, 4) is 0 Å². The number of carbonyl (C=O) groups is 2. The summed E-state index contributed by atoms with van der Waals surface area (Å²) in [6, 6.07) is -0.824.